The fraction of sp³-hybridized carbons (Fsp3) is 0.0769. The maximum Gasteiger partial charge on any atom is 0.416 e. The summed E-state index contributed by atoms with van der Waals surface area (Å²) in [6.07, 6.45) is -4.54. The number of amides is 1. The molecule has 0 radical (unpaired) electrons. The van der Waals surface area contributed by atoms with Gasteiger partial charge in [-0.15, -0.1) is 11.3 Å². The van der Waals surface area contributed by atoms with Gasteiger partial charge in [0.2, 0.25) is 0 Å². The van der Waals surface area contributed by atoms with Crippen molar-refractivity contribution in [2.45, 2.75) is 22.9 Å². The lowest BCUT2D eigenvalue weighted by atomic mass is 10.1. The molecular weight excluding hydrogens is 491 g/mol. The lowest BCUT2D eigenvalue weighted by Gasteiger charge is -2.31. The SMILES string of the molecule is Cc1ccc2nc3sc(C(=O)N4c5ccccc5Sc5ccc(C(F)(F)F)cc54)c(N)c3cc2c1. The molecule has 9 heteroatoms. The van der Waals surface area contributed by atoms with E-state index >= 15 is 0 Å². The zero-order valence-corrected chi connectivity index (χ0v) is 19.8. The summed E-state index contributed by atoms with van der Waals surface area (Å²) in [5.41, 5.74) is 8.45. The monoisotopic (exact) mass is 507 g/mol. The van der Waals surface area contributed by atoms with Crippen LogP contribution in [0.3, 0.4) is 0 Å². The van der Waals surface area contributed by atoms with Gasteiger partial charge in [-0.1, -0.05) is 35.5 Å². The van der Waals surface area contributed by atoms with Crippen molar-refractivity contribution < 1.29 is 18.0 Å². The Labute approximate surface area is 206 Å². The maximum absolute atomic E-state index is 14.0. The van der Waals surface area contributed by atoms with E-state index in [2.05, 4.69) is 4.98 Å². The molecule has 0 aliphatic carbocycles. The Bertz CT molecular complexity index is 1680. The Morgan fingerprint density at radius 3 is 2.54 bits per heavy atom. The highest BCUT2D eigenvalue weighted by atomic mass is 32.2. The Hall–Kier alpha value is -3.56. The van der Waals surface area contributed by atoms with E-state index in [4.69, 9.17) is 5.73 Å². The van der Waals surface area contributed by atoms with E-state index in [9.17, 15) is 18.0 Å². The highest BCUT2D eigenvalue weighted by Gasteiger charge is 2.36. The van der Waals surface area contributed by atoms with Crippen LogP contribution >= 0.6 is 23.1 Å². The Kier molecular flexibility index (Phi) is 4.84. The molecule has 0 saturated heterocycles. The largest absolute Gasteiger partial charge is 0.416 e. The minimum atomic E-state index is -4.54. The van der Waals surface area contributed by atoms with Gasteiger partial charge in [-0.05, 0) is 55.5 Å². The average molecular weight is 508 g/mol. The van der Waals surface area contributed by atoms with Gasteiger partial charge in [0.05, 0.1) is 28.1 Å². The van der Waals surface area contributed by atoms with Crippen molar-refractivity contribution in [3.63, 3.8) is 0 Å². The van der Waals surface area contributed by atoms with Crippen LogP contribution in [0.2, 0.25) is 0 Å². The molecule has 1 aliphatic rings. The van der Waals surface area contributed by atoms with E-state index < -0.39 is 17.6 Å². The van der Waals surface area contributed by atoms with E-state index in [1.54, 1.807) is 12.1 Å². The first-order valence-corrected chi connectivity index (χ1v) is 12.3. The van der Waals surface area contributed by atoms with Crippen LogP contribution in [0.4, 0.5) is 30.2 Å². The number of anilines is 3. The predicted octanol–water partition coefficient (Wildman–Crippen LogP) is 7.80. The lowest BCUT2D eigenvalue weighted by molar-refractivity contribution is -0.137. The summed E-state index contributed by atoms with van der Waals surface area (Å²) in [6.45, 7) is 1.98. The summed E-state index contributed by atoms with van der Waals surface area (Å²) in [7, 11) is 0. The molecule has 0 fully saturated rings. The number of hydrogen-bond acceptors (Lipinski definition) is 5. The Morgan fingerprint density at radius 2 is 1.74 bits per heavy atom. The first kappa shape index (κ1) is 21.9. The normalized spacial score (nSPS) is 13.2. The van der Waals surface area contributed by atoms with Crippen molar-refractivity contribution in [3.8, 4) is 0 Å². The summed E-state index contributed by atoms with van der Waals surface area (Å²) in [4.78, 5) is 22.1. The van der Waals surface area contributed by atoms with Crippen LogP contribution in [-0.4, -0.2) is 10.9 Å². The quantitative estimate of drug-likeness (QED) is 0.251. The molecule has 0 atom stereocenters. The molecule has 0 spiro atoms. The molecule has 4 nitrogen and oxygen atoms in total. The van der Waals surface area contributed by atoms with E-state index in [0.29, 0.717) is 20.8 Å². The van der Waals surface area contributed by atoms with Crippen molar-refractivity contribution in [2.75, 3.05) is 10.6 Å². The van der Waals surface area contributed by atoms with Gasteiger partial charge in [0, 0.05) is 20.6 Å². The van der Waals surface area contributed by atoms with Crippen LogP contribution in [0.25, 0.3) is 21.1 Å². The highest BCUT2D eigenvalue weighted by Crippen LogP contribution is 2.51. The van der Waals surface area contributed by atoms with Crippen molar-refractivity contribution in [3.05, 3.63) is 82.7 Å². The standard InChI is InChI=1S/C26H16F3N3OS2/c1-13-6-8-17-14(10-13)11-16-22(30)23(35-24(16)31-17)25(33)32-18-4-2-3-5-20(18)34-21-9-7-15(12-19(21)32)26(27,28)29/h2-12H,30H2,1H3. The molecule has 1 aliphatic heterocycles. The van der Waals surface area contributed by atoms with Crippen molar-refractivity contribution >= 4 is 67.2 Å². The minimum absolute atomic E-state index is 0.180. The van der Waals surface area contributed by atoms with E-state index in [-0.39, 0.29) is 16.3 Å². The van der Waals surface area contributed by atoms with Crippen LogP contribution in [0.5, 0.6) is 0 Å². The fourth-order valence-electron chi connectivity index (χ4n) is 4.23. The van der Waals surface area contributed by atoms with Gasteiger partial charge >= 0.3 is 6.18 Å². The van der Waals surface area contributed by atoms with Gasteiger partial charge in [-0.3, -0.25) is 9.69 Å². The molecule has 35 heavy (non-hydrogen) atoms. The number of nitrogen functional groups attached to an aromatic ring is 1. The number of carbonyl (C=O) groups is 1. The molecule has 174 valence electrons. The molecule has 0 unspecified atom stereocenters. The van der Waals surface area contributed by atoms with Crippen LogP contribution in [0.1, 0.15) is 20.8 Å². The predicted molar refractivity (Wildman–Crippen MR) is 135 cm³/mol. The third-order valence-electron chi connectivity index (χ3n) is 5.92. The molecule has 3 heterocycles. The second-order valence-corrected chi connectivity index (χ2v) is 10.4. The number of aryl methyl sites for hydroxylation is 1. The highest BCUT2D eigenvalue weighted by molar-refractivity contribution is 7.99. The number of para-hydroxylation sites is 1. The third kappa shape index (κ3) is 3.54. The molecule has 6 rings (SSSR count). The zero-order valence-electron chi connectivity index (χ0n) is 18.2. The minimum Gasteiger partial charge on any atom is -0.397 e. The summed E-state index contributed by atoms with van der Waals surface area (Å²) in [5.74, 6) is -0.487. The van der Waals surface area contributed by atoms with Gasteiger partial charge in [0.15, 0.2) is 0 Å². The number of benzene rings is 3. The number of alkyl halides is 3. The van der Waals surface area contributed by atoms with Gasteiger partial charge in [-0.2, -0.15) is 13.2 Å². The van der Waals surface area contributed by atoms with Gasteiger partial charge in [0.25, 0.3) is 5.91 Å². The Morgan fingerprint density at radius 1 is 0.971 bits per heavy atom. The number of carbonyl (C=O) groups excluding carboxylic acids is 1. The number of nitrogens with two attached hydrogens (primary N) is 1. The van der Waals surface area contributed by atoms with E-state index in [1.165, 1.54) is 22.7 Å². The first-order valence-electron chi connectivity index (χ1n) is 10.6. The molecule has 3 aromatic carbocycles. The van der Waals surface area contributed by atoms with Crippen LogP contribution in [0, 0.1) is 6.92 Å². The molecular formula is C26H16F3N3OS2. The van der Waals surface area contributed by atoms with Crippen LogP contribution in [-0.2, 0) is 6.18 Å². The Balaban J connectivity index is 1.55. The van der Waals surface area contributed by atoms with E-state index in [0.717, 1.165) is 44.8 Å². The van der Waals surface area contributed by atoms with E-state index in [1.807, 2.05) is 43.3 Å². The zero-order chi connectivity index (χ0) is 24.5. The average Bonchev–Trinajstić information content (AvgIpc) is 3.15. The second-order valence-electron chi connectivity index (χ2n) is 8.27. The summed E-state index contributed by atoms with van der Waals surface area (Å²) < 4.78 is 40.6. The molecule has 0 bridgehead atoms. The molecule has 2 N–H and O–H groups in total. The van der Waals surface area contributed by atoms with Crippen molar-refractivity contribution in [2.24, 2.45) is 0 Å². The van der Waals surface area contributed by atoms with Gasteiger partial charge in [0.1, 0.15) is 9.71 Å². The number of rotatable bonds is 1. The molecule has 1 amide bonds. The number of aromatic nitrogens is 1. The fourth-order valence-corrected chi connectivity index (χ4v) is 6.29. The molecule has 5 aromatic rings. The number of halogens is 3. The third-order valence-corrected chi connectivity index (χ3v) is 8.15. The summed E-state index contributed by atoms with van der Waals surface area (Å²) in [5, 5.41) is 1.56. The number of pyridine rings is 1. The van der Waals surface area contributed by atoms with Crippen LogP contribution < -0.4 is 10.6 Å². The lowest BCUT2D eigenvalue weighted by Crippen LogP contribution is -2.28. The van der Waals surface area contributed by atoms with Crippen LogP contribution in [0.15, 0.2) is 76.5 Å². The summed E-state index contributed by atoms with van der Waals surface area (Å²) >= 11 is 2.48. The molecule has 2 aromatic heterocycles. The van der Waals surface area contributed by atoms with Gasteiger partial charge in [-0.25, -0.2) is 4.98 Å². The summed E-state index contributed by atoms with van der Waals surface area (Å²) in [6, 6.07) is 18.4. The molecule has 0 saturated carbocycles. The topological polar surface area (TPSA) is 59.2 Å². The number of fused-ring (bicyclic) bond motifs is 4. The first-order chi connectivity index (χ1) is 16.7. The van der Waals surface area contributed by atoms with Crippen molar-refractivity contribution in [1.82, 2.24) is 4.98 Å². The smallest absolute Gasteiger partial charge is 0.397 e. The van der Waals surface area contributed by atoms with Gasteiger partial charge < -0.3 is 5.73 Å². The second kappa shape index (κ2) is 7.73. The number of thiophene rings is 1. The van der Waals surface area contributed by atoms with Crippen molar-refractivity contribution in [1.29, 1.82) is 0 Å². The number of nitrogens with zero attached hydrogens (tertiary/aromatic N) is 2. The number of hydrogen-bond donors (Lipinski definition) is 1. The maximum atomic E-state index is 14.0.